The lowest BCUT2D eigenvalue weighted by molar-refractivity contribution is 0.201. The van der Waals surface area contributed by atoms with Crippen molar-refractivity contribution >= 4 is 17.4 Å². The van der Waals surface area contributed by atoms with Gasteiger partial charge in [-0.2, -0.15) is 0 Å². The maximum atomic E-state index is 9.25. The Morgan fingerprint density at radius 2 is 2.13 bits per heavy atom. The van der Waals surface area contributed by atoms with Crippen LogP contribution in [0.1, 0.15) is 20.8 Å². The Kier molecular flexibility index (Phi) is 3.88. The van der Waals surface area contributed by atoms with E-state index in [-0.39, 0.29) is 18.1 Å². The minimum Gasteiger partial charge on any atom is -0.394 e. The van der Waals surface area contributed by atoms with Gasteiger partial charge in [-0.15, -0.1) is 0 Å². The van der Waals surface area contributed by atoms with Gasteiger partial charge in [-0.1, -0.05) is 32.4 Å². The van der Waals surface area contributed by atoms with Crippen LogP contribution in [0.25, 0.3) is 0 Å². The summed E-state index contributed by atoms with van der Waals surface area (Å²) in [4.78, 5) is 7.81. The van der Waals surface area contributed by atoms with Crippen molar-refractivity contribution in [3.63, 3.8) is 0 Å². The summed E-state index contributed by atoms with van der Waals surface area (Å²) in [6.07, 6.45) is 1.39. The smallest absolute Gasteiger partial charge is 0.134 e. The van der Waals surface area contributed by atoms with Gasteiger partial charge in [-0.3, -0.25) is 0 Å². The van der Waals surface area contributed by atoms with E-state index in [4.69, 9.17) is 11.6 Å². The molecule has 1 aromatic heterocycles. The number of aromatic nitrogens is 2. The Morgan fingerprint density at radius 1 is 1.47 bits per heavy atom. The van der Waals surface area contributed by atoms with Crippen molar-refractivity contribution in [1.29, 1.82) is 0 Å². The molecule has 0 aliphatic heterocycles. The van der Waals surface area contributed by atoms with Crippen molar-refractivity contribution in [2.24, 2.45) is 5.41 Å². The highest BCUT2D eigenvalue weighted by atomic mass is 35.5. The molecule has 1 aromatic rings. The second-order valence-electron chi connectivity index (χ2n) is 4.47. The maximum Gasteiger partial charge on any atom is 0.134 e. The van der Waals surface area contributed by atoms with E-state index in [2.05, 4.69) is 15.3 Å². The third-order valence-electron chi connectivity index (χ3n) is 2.18. The van der Waals surface area contributed by atoms with Gasteiger partial charge in [0.05, 0.1) is 12.6 Å². The SMILES string of the molecule is CC(C)(C)C(CO)Nc1cc(Cl)ncn1. The van der Waals surface area contributed by atoms with E-state index in [0.717, 1.165) is 0 Å². The summed E-state index contributed by atoms with van der Waals surface area (Å²) in [7, 11) is 0. The van der Waals surface area contributed by atoms with Crippen LogP contribution in [0.2, 0.25) is 5.15 Å². The Labute approximate surface area is 94.7 Å². The predicted octanol–water partition coefficient (Wildman–Crippen LogP) is 1.95. The van der Waals surface area contributed by atoms with Gasteiger partial charge >= 0.3 is 0 Å². The van der Waals surface area contributed by atoms with Crippen molar-refractivity contribution in [1.82, 2.24) is 9.97 Å². The molecule has 1 unspecified atom stereocenters. The molecule has 0 amide bonds. The van der Waals surface area contributed by atoms with Crippen molar-refractivity contribution in [2.45, 2.75) is 26.8 Å². The number of rotatable bonds is 3. The third kappa shape index (κ3) is 3.64. The minimum absolute atomic E-state index is 0.0467. The zero-order valence-electron chi connectivity index (χ0n) is 9.16. The first-order chi connectivity index (χ1) is 6.93. The number of nitrogens with zero attached hydrogens (tertiary/aromatic N) is 2. The Balaban J connectivity index is 2.76. The second kappa shape index (κ2) is 4.77. The maximum absolute atomic E-state index is 9.25. The molecule has 0 saturated heterocycles. The van der Waals surface area contributed by atoms with Gasteiger partial charge in [0.1, 0.15) is 17.3 Å². The number of halogens is 1. The predicted molar refractivity (Wildman–Crippen MR) is 61.0 cm³/mol. The lowest BCUT2D eigenvalue weighted by Gasteiger charge is -2.30. The van der Waals surface area contributed by atoms with Crippen LogP contribution in [0.15, 0.2) is 12.4 Å². The van der Waals surface area contributed by atoms with Crippen LogP contribution < -0.4 is 5.32 Å². The van der Waals surface area contributed by atoms with Gasteiger partial charge in [0.25, 0.3) is 0 Å². The van der Waals surface area contributed by atoms with Gasteiger partial charge in [0.2, 0.25) is 0 Å². The molecule has 1 rings (SSSR count). The van der Waals surface area contributed by atoms with Crippen LogP contribution in [0.5, 0.6) is 0 Å². The number of aliphatic hydroxyl groups excluding tert-OH is 1. The van der Waals surface area contributed by atoms with E-state index in [1.807, 2.05) is 20.8 Å². The zero-order chi connectivity index (χ0) is 11.5. The van der Waals surface area contributed by atoms with Crippen molar-refractivity contribution in [3.8, 4) is 0 Å². The minimum atomic E-state index is -0.0662. The lowest BCUT2D eigenvalue weighted by Crippen LogP contribution is -2.37. The molecule has 0 saturated carbocycles. The van der Waals surface area contributed by atoms with Gasteiger partial charge in [0, 0.05) is 6.07 Å². The number of hydrogen-bond acceptors (Lipinski definition) is 4. The van der Waals surface area contributed by atoms with Crippen LogP contribution in [-0.2, 0) is 0 Å². The highest BCUT2D eigenvalue weighted by Crippen LogP contribution is 2.22. The average molecular weight is 230 g/mol. The van der Waals surface area contributed by atoms with Crippen LogP contribution >= 0.6 is 11.6 Å². The molecular weight excluding hydrogens is 214 g/mol. The summed E-state index contributed by atoms with van der Waals surface area (Å²) < 4.78 is 0. The Morgan fingerprint density at radius 3 is 2.60 bits per heavy atom. The molecule has 0 fully saturated rings. The number of anilines is 1. The fourth-order valence-electron chi connectivity index (χ4n) is 1.13. The van der Waals surface area contributed by atoms with E-state index < -0.39 is 0 Å². The van der Waals surface area contributed by atoms with Crippen LogP contribution in [0, 0.1) is 5.41 Å². The van der Waals surface area contributed by atoms with Crippen LogP contribution in [-0.4, -0.2) is 27.7 Å². The molecule has 5 heteroatoms. The molecular formula is C10H16ClN3O. The quantitative estimate of drug-likeness (QED) is 0.778. The third-order valence-corrected chi connectivity index (χ3v) is 2.39. The zero-order valence-corrected chi connectivity index (χ0v) is 9.91. The molecule has 2 N–H and O–H groups in total. The molecule has 0 aromatic carbocycles. The van der Waals surface area contributed by atoms with E-state index in [1.54, 1.807) is 6.07 Å². The Hall–Kier alpha value is -0.870. The topological polar surface area (TPSA) is 58.0 Å². The summed E-state index contributed by atoms with van der Waals surface area (Å²) in [6, 6.07) is 1.57. The van der Waals surface area contributed by atoms with E-state index >= 15 is 0 Å². The molecule has 0 radical (unpaired) electrons. The molecule has 0 aliphatic rings. The average Bonchev–Trinajstić information content (AvgIpc) is 2.12. The van der Waals surface area contributed by atoms with E-state index in [0.29, 0.717) is 11.0 Å². The summed E-state index contributed by atoms with van der Waals surface area (Å²) in [5.74, 6) is 0.629. The van der Waals surface area contributed by atoms with Crippen molar-refractivity contribution in [3.05, 3.63) is 17.5 Å². The highest BCUT2D eigenvalue weighted by molar-refractivity contribution is 6.29. The van der Waals surface area contributed by atoms with E-state index in [1.165, 1.54) is 6.33 Å². The number of aliphatic hydroxyl groups is 1. The van der Waals surface area contributed by atoms with Gasteiger partial charge in [-0.25, -0.2) is 9.97 Å². The fraction of sp³-hybridized carbons (Fsp3) is 0.600. The van der Waals surface area contributed by atoms with Gasteiger partial charge < -0.3 is 10.4 Å². The molecule has 0 bridgehead atoms. The monoisotopic (exact) mass is 229 g/mol. The molecule has 1 heterocycles. The van der Waals surface area contributed by atoms with Crippen LogP contribution in [0.4, 0.5) is 5.82 Å². The fourth-order valence-corrected chi connectivity index (χ4v) is 1.27. The number of hydrogen-bond donors (Lipinski definition) is 2. The van der Waals surface area contributed by atoms with Crippen molar-refractivity contribution < 1.29 is 5.11 Å². The standard InChI is InChI=1S/C10H16ClN3O/c1-10(2,3)7(5-15)14-9-4-8(11)12-6-13-9/h4,6-7,15H,5H2,1-3H3,(H,12,13,14). The second-order valence-corrected chi connectivity index (χ2v) is 4.86. The number of nitrogens with one attached hydrogen (secondary N) is 1. The van der Waals surface area contributed by atoms with E-state index in [9.17, 15) is 5.11 Å². The first kappa shape index (κ1) is 12.2. The summed E-state index contributed by atoms with van der Waals surface area (Å²) in [5.41, 5.74) is -0.0494. The molecule has 84 valence electrons. The summed E-state index contributed by atoms with van der Waals surface area (Å²) in [6.45, 7) is 6.18. The molecule has 0 spiro atoms. The normalized spacial score (nSPS) is 13.7. The van der Waals surface area contributed by atoms with Crippen molar-refractivity contribution in [2.75, 3.05) is 11.9 Å². The molecule has 1 atom stereocenters. The molecule has 15 heavy (non-hydrogen) atoms. The Bertz CT molecular complexity index is 325. The first-order valence-electron chi connectivity index (χ1n) is 4.78. The first-order valence-corrected chi connectivity index (χ1v) is 5.16. The van der Waals surface area contributed by atoms with Crippen LogP contribution in [0.3, 0.4) is 0 Å². The molecule has 4 nitrogen and oxygen atoms in total. The summed E-state index contributed by atoms with van der Waals surface area (Å²) >= 11 is 5.73. The van der Waals surface area contributed by atoms with Gasteiger partial charge in [-0.05, 0) is 5.41 Å². The molecule has 0 aliphatic carbocycles. The lowest BCUT2D eigenvalue weighted by atomic mass is 9.87. The highest BCUT2D eigenvalue weighted by Gasteiger charge is 2.23. The largest absolute Gasteiger partial charge is 0.394 e. The van der Waals surface area contributed by atoms with Gasteiger partial charge in [0.15, 0.2) is 0 Å². The summed E-state index contributed by atoms with van der Waals surface area (Å²) in [5, 5.41) is 12.8.